The van der Waals surface area contributed by atoms with E-state index >= 15 is 0 Å². The number of thiazole rings is 1. The molecular formula is C30H20BrCl2F3N2O4S. The summed E-state index contributed by atoms with van der Waals surface area (Å²) in [7, 11) is 0. The number of esters is 1. The Balaban J connectivity index is 1.68. The van der Waals surface area contributed by atoms with Crippen molar-refractivity contribution in [3.8, 4) is 5.75 Å². The molecule has 43 heavy (non-hydrogen) atoms. The first kappa shape index (κ1) is 31.1. The fraction of sp³-hybridized carbons (Fsp3) is 0.167. The number of fused-ring (bicyclic) bond motifs is 1. The highest BCUT2D eigenvalue weighted by Crippen LogP contribution is 2.38. The predicted molar refractivity (Wildman–Crippen MR) is 162 cm³/mol. The summed E-state index contributed by atoms with van der Waals surface area (Å²) in [6, 6.07) is 16.7. The Morgan fingerprint density at radius 1 is 1.07 bits per heavy atom. The average Bonchev–Trinajstić information content (AvgIpc) is 3.27. The Bertz CT molecular complexity index is 1900. The van der Waals surface area contributed by atoms with E-state index in [0.29, 0.717) is 25.8 Å². The Hall–Kier alpha value is -3.38. The quantitative estimate of drug-likeness (QED) is 0.194. The number of hydrogen-bond donors (Lipinski definition) is 0. The maximum absolute atomic E-state index is 14.3. The minimum atomic E-state index is -5.01. The summed E-state index contributed by atoms with van der Waals surface area (Å²) in [5.41, 5.74) is -1.27. The molecule has 0 saturated heterocycles. The van der Waals surface area contributed by atoms with Gasteiger partial charge in [0.25, 0.3) is 5.56 Å². The van der Waals surface area contributed by atoms with Crippen molar-refractivity contribution in [3.05, 3.63) is 129 Å². The molecule has 0 radical (unpaired) electrons. The molecule has 222 valence electrons. The molecule has 1 aliphatic heterocycles. The molecule has 1 aromatic heterocycles. The summed E-state index contributed by atoms with van der Waals surface area (Å²) in [6.07, 6.45) is -3.49. The normalized spacial score (nSPS) is 15.2. The van der Waals surface area contributed by atoms with Crippen LogP contribution in [0.2, 0.25) is 10.0 Å². The first-order valence-corrected chi connectivity index (χ1v) is 15.1. The Morgan fingerprint density at radius 3 is 2.35 bits per heavy atom. The Morgan fingerprint density at radius 2 is 1.72 bits per heavy atom. The van der Waals surface area contributed by atoms with Gasteiger partial charge in [0.2, 0.25) is 0 Å². The van der Waals surface area contributed by atoms with Gasteiger partial charge in [-0.1, -0.05) is 74.7 Å². The molecule has 0 N–H and O–H groups in total. The minimum Gasteiger partial charge on any atom is -0.488 e. The van der Waals surface area contributed by atoms with Crippen molar-refractivity contribution < 1.29 is 27.4 Å². The third-order valence-corrected chi connectivity index (χ3v) is 8.33. The van der Waals surface area contributed by atoms with Gasteiger partial charge in [0.05, 0.1) is 22.8 Å². The summed E-state index contributed by atoms with van der Waals surface area (Å²) in [4.78, 5) is 30.4. The van der Waals surface area contributed by atoms with Gasteiger partial charge in [-0.3, -0.25) is 9.36 Å². The fourth-order valence-electron chi connectivity index (χ4n) is 4.45. The Labute approximate surface area is 265 Å². The van der Waals surface area contributed by atoms with E-state index in [9.17, 15) is 22.8 Å². The van der Waals surface area contributed by atoms with Crippen LogP contribution < -0.4 is 19.6 Å². The van der Waals surface area contributed by atoms with E-state index in [-0.39, 0.29) is 28.1 Å². The van der Waals surface area contributed by atoms with E-state index in [1.54, 1.807) is 30.3 Å². The molecule has 4 aromatic rings. The molecule has 0 saturated carbocycles. The number of carbonyl (C=O) groups is 1. The first-order valence-electron chi connectivity index (χ1n) is 12.7. The van der Waals surface area contributed by atoms with Gasteiger partial charge in [-0.05, 0) is 66.6 Å². The summed E-state index contributed by atoms with van der Waals surface area (Å²) < 4.78 is 55.9. The van der Waals surface area contributed by atoms with Crippen LogP contribution in [0.15, 0.2) is 92.3 Å². The summed E-state index contributed by atoms with van der Waals surface area (Å²) in [5.74, 6) is -0.792. The standard InChI is InChI=1S/C30H20BrCl2F3N2O4S/c1-2-41-28(40)24-25(17-5-10-21(33)11-6-17)38-27(39)23(43-29(38)37-26(24)30(34,35)36)14-18-13-19(31)7-12-22(18)42-15-16-3-8-20(32)9-4-16/h3-14,25H,2,15H2,1H3/b23-14-/t25-/m1/s1. The van der Waals surface area contributed by atoms with Crippen LogP contribution in [-0.2, 0) is 16.1 Å². The summed E-state index contributed by atoms with van der Waals surface area (Å²) >= 11 is 16.2. The maximum atomic E-state index is 14.3. The molecule has 0 bridgehead atoms. The maximum Gasteiger partial charge on any atom is 0.434 e. The molecular weight excluding hydrogens is 692 g/mol. The van der Waals surface area contributed by atoms with Crippen molar-refractivity contribution in [1.82, 2.24) is 4.57 Å². The summed E-state index contributed by atoms with van der Waals surface area (Å²) in [6.45, 7) is 1.51. The van der Waals surface area contributed by atoms with Gasteiger partial charge < -0.3 is 9.47 Å². The van der Waals surface area contributed by atoms with E-state index in [4.69, 9.17) is 32.7 Å². The number of hydrogen-bond acceptors (Lipinski definition) is 6. The number of benzene rings is 3. The zero-order chi connectivity index (χ0) is 30.9. The van der Waals surface area contributed by atoms with Crippen molar-refractivity contribution in [1.29, 1.82) is 0 Å². The second kappa shape index (κ2) is 12.7. The lowest BCUT2D eigenvalue weighted by Crippen LogP contribution is -2.41. The minimum absolute atomic E-state index is 0.0822. The average molecular weight is 712 g/mol. The number of aromatic nitrogens is 1. The molecule has 0 amide bonds. The van der Waals surface area contributed by atoms with Crippen LogP contribution in [-0.4, -0.2) is 23.3 Å². The van der Waals surface area contributed by atoms with Gasteiger partial charge in [-0.15, -0.1) is 0 Å². The van der Waals surface area contributed by atoms with Crippen LogP contribution in [0.25, 0.3) is 6.08 Å². The largest absolute Gasteiger partial charge is 0.488 e. The molecule has 1 aliphatic rings. The third-order valence-electron chi connectivity index (χ3n) is 6.35. The van der Waals surface area contributed by atoms with Crippen LogP contribution in [0.4, 0.5) is 13.2 Å². The number of ether oxygens (including phenoxy) is 2. The second-order valence-electron chi connectivity index (χ2n) is 9.21. The van der Waals surface area contributed by atoms with Crippen molar-refractivity contribution in [3.63, 3.8) is 0 Å². The zero-order valence-electron chi connectivity index (χ0n) is 22.1. The lowest BCUT2D eigenvalue weighted by Gasteiger charge is -2.26. The number of rotatable bonds is 7. The zero-order valence-corrected chi connectivity index (χ0v) is 26.0. The highest BCUT2D eigenvalue weighted by molar-refractivity contribution is 9.10. The fourth-order valence-corrected chi connectivity index (χ4v) is 6.07. The predicted octanol–water partition coefficient (Wildman–Crippen LogP) is 6.99. The van der Waals surface area contributed by atoms with Crippen LogP contribution >= 0.6 is 50.5 Å². The molecule has 13 heteroatoms. The number of alkyl halides is 3. The number of nitrogens with zero attached hydrogens (tertiary/aromatic N) is 2. The topological polar surface area (TPSA) is 69.9 Å². The van der Waals surface area contributed by atoms with E-state index < -0.39 is 35.0 Å². The van der Waals surface area contributed by atoms with Crippen LogP contribution in [0.3, 0.4) is 0 Å². The van der Waals surface area contributed by atoms with Gasteiger partial charge in [-0.25, -0.2) is 9.79 Å². The molecule has 0 spiro atoms. The lowest BCUT2D eigenvalue weighted by molar-refractivity contribution is -0.140. The molecule has 3 aromatic carbocycles. The second-order valence-corrected chi connectivity index (χ2v) is 12.0. The molecule has 6 nitrogen and oxygen atoms in total. The van der Waals surface area contributed by atoms with Crippen molar-refractivity contribution in [2.45, 2.75) is 25.7 Å². The highest BCUT2D eigenvalue weighted by Gasteiger charge is 2.45. The lowest BCUT2D eigenvalue weighted by atomic mass is 9.95. The smallest absolute Gasteiger partial charge is 0.434 e. The van der Waals surface area contributed by atoms with Gasteiger partial charge in [0, 0.05) is 20.1 Å². The van der Waals surface area contributed by atoms with Gasteiger partial charge in [0.15, 0.2) is 10.5 Å². The van der Waals surface area contributed by atoms with E-state index in [2.05, 4.69) is 20.9 Å². The monoisotopic (exact) mass is 710 g/mol. The molecule has 1 atom stereocenters. The van der Waals surface area contributed by atoms with Crippen molar-refractivity contribution >= 4 is 62.5 Å². The van der Waals surface area contributed by atoms with E-state index in [1.807, 2.05) is 12.1 Å². The van der Waals surface area contributed by atoms with Gasteiger partial charge in [-0.2, -0.15) is 13.2 Å². The molecule has 5 rings (SSSR count). The SMILES string of the molecule is CCOC(=O)C1=C(C(F)(F)F)N=c2s/c(=C\c3cc(Br)ccc3OCc3ccc(Cl)cc3)c(=O)n2[C@@H]1c1ccc(Cl)cc1. The Kier molecular flexibility index (Phi) is 9.17. The molecule has 0 aliphatic carbocycles. The van der Waals surface area contributed by atoms with Crippen molar-refractivity contribution in [2.75, 3.05) is 6.61 Å². The van der Waals surface area contributed by atoms with Gasteiger partial charge >= 0.3 is 12.1 Å². The number of allylic oxidation sites excluding steroid dienone is 1. The first-order chi connectivity index (χ1) is 20.5. The summed E-state index contributed by atoms with van der Waals surface area (Å²) in [5, 5.41) is 0.912. The van der Waals surface area contributed by atoms with Crippen LogP contribution in [0, 0.1) is 0 Å². The van der Waals surface area contributed by atoms with Crippen LogP contribution in [0.5, 0.6) is 5.75 Å². The number of halogens is 6. The van der Waals surface area contributed by atoms with E-state index in [1.165, 1.54) is 37.3 Å². The highest BCUT2D eigenvalue weighted by atomic mass is 79.9. The van der Waals surface area contributed by atoms with Gasteiger partial charge in [0.1, 0.15) is 12.4 Å². The number of carbonyl (C=O) groups excluding carboxylic acids is 1. The molecule has 0 fully saturated rings. The van der Waals surface area contributed by atoms with E-state index in [0.717, 1.165) is 21.5 Å². The molecule has 2 heterocycles. The molecule has 0 unspecified atom stereocenters. The van der Waals surface area contributed by atoms with Crippen molar-refractivity contribution in [2.24, 2.45) is 4.99 Å². The third kappa shape index (κ3) is 6.75. The van der Waals surface area contributed by atoms with Crippen LogP contribution in [0.1, 0.15) is 29.7 Å².